The van der Waals surface area contributed by atoms with Crippen LogP contribution in [0.2, 0.25) is 0 Å². The van der Waals surface area contributed by atoms with Crippen LogP contribution in [0, 0.1) is 6.92 Å². The Morgan fingerprint density at radius 1 is 1.38 bits per heavy atom. The highest BCUT2D eigenvalue weighted by Crippen LogP contribution is 2.12. The molecule has 0 unspecified atom stereocenters. The Labute approximate surface area is 141 Å². The van der Waals surface area contributed by atoms with Crippen LogP contribution in [0.1, 0.15) is 31.0 Å². The van der Waals surface area contributed by atoms with Crippen LogP contribution in [-0.4, -0.2) is 35.1 Å². The lowest BCUT2D eigenvalue weighted by atomic mass is 10.2. The lowest BCUT2D eigenvalue weighted by molar-refractivity contribution is -0.143. The maximum Gasteiger partial charge on any atom is 0.305 e. The van der Waals surface area contributed by atoms with E-state index in [9.17, 15) is 4.79 Å². The highest BCUT2D eigenvalue weighted by molar-refractivity contribution is 5.79. The van der Waals surface area contributed by atoms with Gasteiger partial charge in [0.15, 0.2) is 0 Å². The van der Waals surface area contributed by atoms with Crippen LogP contribution in [0.3, 0.4) is 0 Å². The van der Waals surface area contributed by atoms with Crippen molar-refractivity contribution in [1.82, 2.24) is 9.66 Å². The topological polar surface area (TPSA) is 91.7 Å². The minimum atomic E-state index is -0.193. The predicted octanol–water partition coefficient (Wildman–Crippen LogP) is 2.38. The number of rotatable bonds is 8. The minimum Gasteiger partial charge on any atom is -0.494 e. The number of anilines is 1. The molecular formula is C17H22N4O3. The van der Waals surface area contributed by atoms with E-state index in [1.165, 1.54) is 4.68 Å². The molecule has 1 aromatic heterocycles. The molecule has 24 heavy (non-hydrogen) atoms. The Hall–Kier alpha value is -2.83. The zero-order valence-electron chi connectivity index (χ0n) is 13.9. The SMILES string of the molecule is CCOC(=O)CCCOc1ccc(C=Nn2cc(C)nc2N)cc1. The quantitative estimate of drug-likeness (QED) is 0.456. The normalized spacial score (nSPS) is 10.9. The Morgan fingerprint density at radius 3 is 2.75 bits per heavy atom. The highest BCUT2D eigenvalue weighted by atomic mass is 16.5. The van der Waals surface area contributed by atoms with E-state index < -0.39 is 0 Å². The van der Waals surface area contributed by atoms with Crippen molar-refractivity contribution in [2.24, 2.45) is 5.10 Å². The molecule has 0 amide bonds. The summed E-state index contributed by atoms with van der Waals surface area (Å²) in [5.41, 5.74) is 7.46. The highest BCUT2D eigenvalue weighted by Gasteiger charge is 2.02. The fraction of sp³-hybridized carbons (Fsp3) is 0.353. The predicted molar refractivity (Wildman–Crippen MR) is 92.2 cm³/mol. The molecule has 0 spiro atoms. The number of nitrogens with zero attached hydrogens (tertiary/aromatic N) is 3. The maximum atomic E-state index is 11.2. The zero-order chi connectivity index (χ0) is 17.4. The van der Waals surface area contributed by atoms with Crippen LogP contribution in [0.5, 0.6) is 5.75 Å². The van der Waals surface area contributed by atoms with E-state index in [1.807, 2.05) is 31.2 Å². The molecule has 2 aromatic rings. The van der Waals surface area contributed by atoms with Gasteiger partial charge in [-0.3, -0.25) is 4.79 Å². The number of esters is 1. The Morgan fingerprint density at radius 2 is 2.12 bits per heavy atom. The molecule has 0 fully saturated rings. The molecule has 0 saturated heterocycles. The standard InChI is InChI=1S/C17H22N4O3/c1-3-23-16(22)5-4-10-24-15-8-6-14(7-9-15)11-19-21-12-13(2)20-17(21)18/h6-9,11-12H,3-5,10H2,1-2H3,(H2,18,20). The molecule has 0 aliphatic rings. The summed E-state index contributed by atoms with van der Waals surface area (Å²) in [4.78, 5) is 15.3. The number of benzene rings is 1. The summed E-state index contributed by atoms with van der Waals surface area (Å²) in [6.07, 6.45) is 4.44. The van der Waals surface area contributed by atoms with E-state index in [0.717, 1.165) is 17.0 Å². The zero-order valence-corrected chi connectivity index (χ0v) is 13.9. The Balaban J connectivity index is 1.80. The van der Waals surface area contributed by atoms with Crippen LogP contribution in [-0.2, 0) is 9.53 Å². The number of carbonyl (C=O) groups is 1. The van der Waals surface area contributed by atoms with Crippen LogP contribution in [0.15, 0.2) is 35.6 Å². The Kier molecular flexibility index (Phi) is 6.36. The summed E-state index contributed by atoms with van der Waals surface area (Å²) in [5.74, 6) is 0.904. The average Bonchev–Trinajstić information content (AvgIpc) is 2.88. The second-order valence-electron chi connectivity index (χ2n) is 5.16. The van der Waals surface area contributed by atoms with Gasteiger partial charge in [0.2, 0.25) is 5.95 Å². The molecule has 0 bridgehead atoms. The van der Waals surface area contributed by atoms with Crippen molar-refractivity contribution in [2.45, 2.75) is 26.7 Å². The maximum absolute atomic E-state index is 11.2. The van der Waals surface area contributed by atoms with Crippen molar-refractivity contribution < 1.29 is 14.3 Å². The van der Waals surface area contributed by atoms with Gasteiger partial charge in [-0.15, -0.1) is 0 Å². The molecule has 2 rings (SSSR count). The number of imidazole rings is 1. The molecule has 0 aliphatic carbocycles. The second-order valence-corrected chi connectivity index (χ2v) is 5.16. The van der Waals surface area contributed by atoms with Crippen molar-refractivity contribution in [3.05, 3.63) is 41.7 Å². The number of carbonyl (C=O) groups excluding carboxylic acids is 1. The van der Waals surface area contributed by atoms with E-state index in [1.54, 1.807) is 19.3 Å². The van der Waals surface area contributed by atoms with E-state index >= 15 is 0 Å². The van der Waals surface area contributed by atoms with Gasteiger partial charge >= 0.3 is 5.97 Å². The van der Waals surface area contributed by atoms with Gasteiger partial charge in [0.1, 0.15) is 5.75 Å². The molecule has 2 N–H and O–H groups in total. The van der Waals surface area contributed by atoms with Gasteiger partial charge in [-0.25, -0.2) is 9.66 Å². The van der Waals surface area contributed by atoms with Crippen LogP contribution in [0.25, 0.3) is 0 Å². The third-order valence-electron chi connectivity index (χ3n) is 3.15. The molecule has 0 aliphatic heterocycles. The van der Waals surface area contributed by atoms with Gasteiger partial charge in [0.25, 0.3) is 0 Å². The van der Waals surface area contributed by atoms with Gasteiger partial charge in [0, 0.05) is 6.42 Å². The van der Waals surface area contributed by atoms with Crippen LogP contribution >= 0.6 is 0 Å². The number of aromatic nitrogens is 2. The fourth-order valence-electron chi connectivity index (χ4n) is 2.02. The fourth-order valence-corrected chi connectivity index (χ4v) is 2.02. The van der Waals surface area contributed by atoms with Crippen molar-refractivity contribution in [1.29, 1.82) is 0 Å². The van der Waals surface area contributed by atoms with E-state index in [4.69, 9.17) is 15.2 Å². The van der Waals surface area contributed by atoms with Gasteiger partial charge in [-0.2, -0.15) is 5.10 Å². The van der Waals surface area contributed by atoms with E-state index in [2.05, 4.69) is 10.1 Å². The molecular weight excluding hydrogens is 308 g/mol. The number of hydrogen-bond acceptors (Lipinski definition) is 6. The first kappa shape index (κ1) is 17.5. The molecule has 7 nitrogen and oxygen atoms in total. The monoisotopic (exact) mass is 330 g/mol. The molecule has 128 valence electrons. The lowest BCUT2D eigenvalue weighted by Crippen LogP contribution is -2.06. The second kappa shape index (κ2) is 8.71. The number of ether oxygens (including phenoxy) is 2. The van der Waals surface area contributed by atoms with Gasteiger partial charge in [0.05, 0.1) is 31.3 Å². The molecule has 1 heterocycles. The Bertz CT molecular complexity index is 692. The van der Waals surface area contributed by atoms with Crippen molar-refractivity contribution >= 4 is 18.1 Å². The van der Waals surface area contributed by atoms with E-state index in [-0.39, 0.29) is 5.97 Å². The molecule has 0 saturated carbocycles. The van der Waals surface area contributed by atoms with Crippen LogP contribution < -0.4 is 10.5 Å². The average molecular weight is 330 g/mol. The third kappa shape index (κ3) is 5.42. The summed E-state index contributed by atoms with van der Waals surface area (Å²) >= 11 is 0. The lowest BCUT2D eigenvalue weighted by Gasteiger charge is -2.06. The van der Waals surface area contributed by atoms with Crippen LogP contribution in [0.4, 0.5) is 5.95 Å². The van der Waals surface area contributed by atoms with Gasteiger partial charge in [-0.05, 0) is 50.1 Å². The molecule has 7 heteroatoms. The first-order chi connectivity index (χ1) is 11.6. The third-order valence-corrected chi connectivity index (χ3v) is 3.15. The summed E-state index contributed by atoms with van der Waals surface area (Å²) in [6, 6.07) is 7.50. The van der Waals surface area contributed by atoms with Crippen molar-refractivity contribution in [3.8, 4) is 5.75 Å². The number of aryl methyl sites for hydroxylation is 1. The van der Waals surface area contributed by atoms with Crippen molar-refractivity contribution in [3.63, 3.8) is 0 Å². The summed E-state index contributed by atoms with van der Waals surface area (Å²) in [5, 5.41) is 4.25. The molecule has 1 aromatic carbocycles. The number of nitrogens with two attached hydrogens (primary N) is 1. The first-order valence-electron chi connectivity index (χ1n) is 7.82. The summed E-state index contributed by atoms with van der Waals surface area (Å²) in [6.45, 7) is 4.53. The first-order valence-corrected chi connectivity index (χ1v) is 7.82. The smallest absolute Gasteiger partial charge is 0.305 e. The largest absolute Gasteiger partial charge is 0.494 e. The van der Waals surface area contributed by atoms with Crippen molar-refractivity contribution in [2.75, 3.05) is 18.9 Å². The summed E-state index contributed by atoms with van der Waals surface area (Å²) < 4.78 is 12.0. The van der Waals surface area contributed by atoms with Gasteiger partial charge in [-0.1, -0.05) is 0 Å². The van der Waals surface area contributed by atoms with Gasteiger partial charge < -0.3 is 15.2 Å². The number of hydrogen-bond donors (Lipinski definition) is 1. The molecule has 0 radical (unpaired) electrons. The minimum absolute atomic E-state index is 0.193. The molecule has 0 atom stereocenters. The van der Waals surface area contributed by atoms with E-state index in [0.29, 0.717) is 32.0 Å². The number of nitrogen functional groups attached to an aromatic ring is 1. The summed E-state index contributed by atoms with van der Waals surface area (Å²) in [7, 11) is 0.